The number of carbonyl (C=O) groups is 2. The molecule has 0 aromatic heterocycles. The summed E-state index contributed by atoms with van der Waals surface area (Å²) in [4.78, 5) is 26.8. The van der Waals surface area contributed by atoms with Crippen LogP contribution in [0.3, 0.4) is 0 Å². The van der Waals surface area contributed by atoms with Gasteiger partial charge in [0.25, 0.3) is 5.91 Å². The van der Waals surface area contributed by atoms with Gasteiger partial charge >= 0.3 is 0 Å². The van der Waals surface area contributed by atoms with Gasteiger partial charge in [0.15, 0.2) is 6.61 Å². The molecular formula is C26H33ClN2O3. The highest BCUT2D eigenvalue weighted by Gasteiger charge is 2.24. The summed E-state index contributed by atoms with van der Waals surface area (Å²) in [6.45, 7) is 7.35. The first-order valence-corrected chi connectivity index (χ1v) is 11.7. The normalized spacial score (nSPS) is 14.5. The van der Waals surface area contributed by atoms with Gasteiger partial charge in [-0.2, -0.15) is 0 Å². The number of ether oxygens (including phenoxy) is 1. The topological polar surface area (TPSA) is 58.6 Å². The lowest BCUT2D eigenvalue weighted by molar-refractivity contribution is -0.134. The van der Waals surface area contributed by atoms with E-state index < -0.39 is 0 Å². The molecule has 2 aromatic rings. The van der Waals surface area contributed by atoms with Crippen molar-refractivity contribution in [3.8, 4) is 5.75 Å². The van der Waals surface area contributed by atoms with Crippen LogP contribution in [0.5, 0.6) is 5.75 Å². The molecule has 172 valence electrons. The average molecular weight is 457 g/mol. The third-order valence-corrected chi connectivity index (χ3v) is 6.37. The summed E-state index contributed by atoms with van der Waals surface area (Å²) >= 11 is 6.25. The average Bonchev–Trinajstić information content (AvgIpc) is 2.79. The molecule has 0 spiro atoms. The van der Waals surface area contributed by atoms with Gasteiger partial charge in [-0.3, -0.25) is 9.59 Å². The predicted octanol–water partition coefficient (Wildman–Crippen LogP) is 4.89. The standard InChI is InChI=1S/C26H33ClN2O3/c1-18(2)22-16-23(27)19(3)15-24(22)32-17-26(31)29-13-11-21(12-14-29)28-25(30)10-9-20-7-5-4-6-8-20/h4-8,15-16,18,21H,9-14,17H2,1-3H3,(H,28,30). The summed E-state index contributed by atoms with van der Waals surface area (Å²) in [6.07, 6.45) is 2.75. The Kier molecular flexibility index (Phi) is 8.57. The number of rotatable bonds is 8. The van der Waals surface area contributed by atoms with Crippen LogP contribution in [0.25, 0.3) is 0 Å². The van der Waals surface area contributed by atoms with E-state index in [0.717, 1.165) is 36.1 Å². The lowest BCUT2D eigenvalue weighted by Crippen LogP contribution is -2.47. The van der Waals surface area contributed by atoms with Crippen molar-refractivity contribution in [3.05, 3.63) is 64.2 Å². The molecule has 1 fully saturated rings. The molecule has 2 aromatic carbocycles. The molecule has 6 heteroatoms. The van der Waals surface area contributed by atoms with Gasteiger partial charge in [0.1, 0.15) is 5.75 Å². The molecule has 2 amide bonds. The Morgan fingerprint density at radius 1 is 1.16 bits per heavy atom. The number of carbonyl (C=O) groups excluding carboxylic acids is 2. The molecule has 0 aliphatic carbocycles. The molecule has 1 saturated heterocycles. The van der Waals surface area contributed by atoms with Crippen molar-refractivity contribution in [2.45, 2.75) is 58.4 Å². The summed E-state index contributed by atoms with van der Waals surface area (Å²) in [6, 6.07) is 14.0. The van der Waals surface area contributed by atoms with Crippen molar-refractivity contribution < 1.29 is 14.3 Å². The number of hydrogen-bond acceptors (Lipinski definition) is 3. The molecule has 1 aliphatic rings. The Morgan fingerprint density at radius 2 is 1.84 bits per heavy atom. The van der Waals surface area contributed by atoms with Gasteiger partial charge in [-0.25, -0.2) is 0 Å². The first-order chi connectivity index (χ1) is 15.3. The van der Waals surface area contributed by atoms with Crippen LogP contribution in [0.4, 0.5) is 0 Å². The minimum absolute atomic E-state index is 0.00882. The molecular weight excluding hydrogens is 424 g/mol. The van der Waals surface area contributed by atoms with Crippen molar-refractivity contribution in [1.82, 2.24) is 10.2 Å². The second kappa shape index (κ2) is 11.4. The Labute approximate surface area is 196 Å². The third-order valence-electron chi connectivity index (χ3n) is 5.96. The minimum atomic E-state index is -0.0267. The van der Waals surface area contributed by atoms with Crippen LogP contribution in [-0.2, 0) is 16.0 Å². The molecule has 0 bridgehead atoms. The zero-order valence-corrected chi connectivity index (χ0v) is 20.0. The lowest BCUT2D eigenvalue weighted by atomic mass is 10.0. The summed E-state index contributed by atoms with van der Waals surface area (Å²) in [5, 5.41) is 3.83. The highest BCUT2D eigenvalue weighted by Crippen LogP contribution is 2.32. The van der Waals surface area contributed by atoms with Gasteiger partial charge in [-0.1, -0.05) is 55.8 Å². The van der Waals surface area contributed by atoms with Crippen molar-refractivity contribution in [3.63, 3.8) is 0 Å². The molecule has 0 atom stereocenters. The molecule has 1 heterocycles. The fourth-order valence-electron chi connectivity index (χ4n) is 3.95. The quantitative estimate of drug-likeness (QED) is 0.615. The number of likely N-dealkylation sites (tertiary alicyclic amines) is 1. The number of aryl methyl sites for hydroxylation is 2. The Hall–Kier alpha value is -2.53. The van der Waals surface area contributed by atoms with E-state index in [9.17, 15) is 9.59 Å². The fourth-order valence-corrected chi connectivity index (χ4v) is 4.13. The maximum absolute atomic E-state index is 12.7. The second-order valence-corrected chi connectivity index (χ2v) is 9.20. The summed E-state index contributed by atoms with van der Waals surface area (Å²) in [5.41, 5.74) is 3.10. The van der Waals surface area contributed by atoms with Gasteiger partial charge in [-0.15, -0.1) is 0 Å². The van der Waals surface area contributed by atoms with E-state index in [1.165, 1.54) is 5.56 Å². The molecule has 1 aliphatic heterocycles. The number of hydrogen-bond donors (Lipinski definition) is 1. The summed E-state index contributed by atoms with van der Waals surface area (Å²) in [5.74, 6) is 1.01. The molecule has 32 heavy (non-hydrogen) atoms. The SMILES string of the molecule is Cc1cc(OCC(=O)N2CCC(NC(=O)CCc3ccccc3)CC2)c(C(C)C)cc1Cl. The second-order valence-electron chi connectivity index (χ2n) is 8.79. The molecule has 1 N–H and O–H groups in total. The Balaban J connectivity index is 1.43. The van der Waals surface area contributed by atoms with Gasteiger partial charge in [0.2, 0.25) is 5.91 Å². The van der Waals surface area contributed by atoms with Gasteiger partial charge in [0, 0.05) is 30.6 Å². The number of amides is 2. The lowest BCUT2D eigenvalue weighted by Gasteiger charge is -2.32. The summed E-state index contributed by atoms with van der Waals surface area (Å²) < 4.78 is 5.90. The number of nitrogens with zero attached hydrogens (tertiary/aromatic N) is 1. The molecule has 3 rings (SSSR count). The Morgan fingerprint density at radius 3 is 2.50 bits per heavy atom. The first kappa shape index (κ1) is 24.1. The number of benzene rings is 2. The van der Waals surface area contributed by atoms with Crippen LogP contribution in [0.2, 0.25) is 5.02 Å². The number of nitrogens with one attached hydrogen (secondary N) is 1. The molecule has 0 radical (unpaired) electrons. The predicted molar refractivity (Wildman–Crippen MR) is 128 cm³/mol. The van der Waals surface area contributed by atoms with E-state index in [1.54, 1.807) is 0 Å². The highest BCUT2D eigenvalue weighted by atomic mass is 35.5. The maximum atomic E-state index is 12.7. The molecule has 0 unspecified atom stereocenters. The largest absolute Gasteiger partial charge is 0.483 e. The highest BCUT2D eigenvalue weighted by molar-refractivity contribution is 6.31. The maximum Gasteiger partial charge on any atom is 0.260 e. The van der Waals surface area contributed by atoms with E-state index >= 15 is 0 Å². The van der Waals surface area contributed by atoms with Gasteiger partial charge < -0.3 is 15.0 Å². The fraction of sp³-hybridized carbons (Fsp3) is 0.462. The van der Waals surface area contributed by atoms with E-state index in [0.29, 0.717) is 24.5 Å². The van der Waals surface area contributed by atoms with Gasteiger partial charge in [0.05, 0.1) is 0 Å². The summed E-state index contributed by atoms with van der Waals surface area (Å²) in [7, 11) is 0. The van der Waals surface area contributed by atoms with Crippen LogP contribution in [-0.4, -0.2) is 42.5 Å². The van der Waals surface area contributed by atoms with Crippen LogP contribution < -0.4 is 10.1 Å². The van der Waals surface area contributed by atoms with Crippen molar-refractivity contribution in [2.24, 2.45) is 0 Å². The van der Waals surface area contributed by atoms with Crippen LogP contribution >= 0.6 is 11.6 Å². The zero-order chi connectivity index (χ0) is 23.1. The number of halogens is 1. The van der Waals surface area contributed by atoms with Crippen molar-refractivity contribution in [2.75, 3.05) is 19.7 Å². The Bertz CT molecular complexity index is 922. The number of piperidine rings is 1. The van der Waals surface area contributed by atoms with Crippen molar-refractivity contribution in [1.29, 1.82) is 0 Å². The van der Waals surface area contributed by atoms with E-state index in [4.69, 9.17) is 16.3 Å². The van der Waals surface area contributed by atoms with E-state index in [-0.39, 0.29) is 30.4 Å². The molecule has 0 saturated carbocycles. The smallest absolute Gasteiger partial charge is 0.260 e. The van der Waals surface area contributed by atoms with Crippen LogP contribution in [0.1, 0.15) is 55.7 Å². The van der Waals surface area contributed by atoms with Crippen LogP contribution in [0, 0.1) is 6.92 Å². The third kappa shape index (κ3) is 6.73. The molecule has 5 nitrogen and oxygen atoms in total. The van der Waals surface area contributed by atoms with Crippen LogP contribution in [0.15, 0.2) is 42.5 Å². The van der Waals surface area contributed by atoms with Crippen molar-refractivity contribution >= 4 is 23.4 Å². The zero-order valence-electron chi connectivity index (χ0n) is 19.2. The van der Waals surface area contributed by atoms with Gasteiger partial charge in [-0.05, 0) is 60.9 Å². The monoisotopic (exact) mass is 456 g/mol. The van der Waals surface area contributed by atoms with E-state index in [1.807, 2.05) is 54.3 Å². The first-order valence-electron chi connectivity index (χ1n) is 11.4. The van der Waals surface area contributed by atoms with E-state index in [2.05, 4.69) is 19.2 Å². The minimum Gasteiger partial charge on any atom is -0.483 e.